The quantitative estimate of drug-likeness (QED) is 0.269. The van der Waals surface area contributed by atoms with E-state index in [2.05, 4.69) is 40.2 Å². The molecule has 0 aliphatic rings. The molecule has 5 nitrogen and oxygen atoms in total. The van der Waals surface area contributed by atoms with Crippen LogP contribution in [0.25, 0.3) is 0 Å². The van der Waals surface area contributed by atoms with Gasteiger partial charge in [0.2, 0.25) is 0 Å². The molecule has 1 aromatic heterocycles. The van der Waals surface area contributed by atoms with Crippen LogP contribution in [0, 0.1) is 6.92 Å². The summed E-state index contributed by atoms with van der Waals surface area (Å²) >= 11 is 0. The van der Waals surface area contributed by atoms with Gasteiger partial charge < -0.3 is 15.4 Å². The van der Waals surface area contributed by atoms with Gasteiger partial charge in [0, 0.05) is 18.3 Å². The second kappa shape index (κ2) is 12.3. The molecule has 2 N–H and O–H groups in total. The maximum absolute atomic E-state index is 5.69. The molecule has 6 heteroatoms. The first-order chi connectivity index (χ1) is 12.2. The number of ether oxygens (including phenoxy) is 1. The van der Waals surface area contributed by atoms with Gasteiger partial charge in [0.1, 0.15) is 12.4 Å². The normalized spacial score (nSPS) is 10.6. The van der Waals surface area contributed by atoms with Crippen LogP contribution < -0.4 is 15.4 Å². The Balaban J connectivity index is 0.00000338. The lowest BCUT2D eigenvalue weighted by atomic mass is 10.2. The number of nitrogens with one attached hydrogen (secondary N) is 2. The van der Waals surface area contributed by atoms with E-state index >= 15 is 0 Å². The minimum absolute atomic E-state index is 0. The number of pyridine rings is 1. The van der Waals surface area contributed by atoms with Gasteiger partial charge in [0.25, 0.3) is 0 Å². The van der Waals surface area contributed by atoms with Crippen LogP contribution in [-0.2, 0) is 13.1 Å². The van der Waals surface area contributed by atoms with E-state index in [9.17, 15) is 0 Å². The number of aromatic nitrogens is 1. The highest BCUT2D eigenvalue weighted by Gasteiger charge is 2.04. The van der Waals surface area contributed by atoms with E-state index in [0.29, 0.717) is 19.7 Å². The van der Waals surface area contributed by atoms with Gasteiger partial charge in [-0.1, -0.05) is 36.9 Å². The molecule has 1 aromatic carbocycles. The second-order valence-corrected chi connectivity index (χ2v) is 5.52. The predicted molar refractivity (Wildman–Crippen MR) is 118 cm³/mol. The minimum atomic E-state index is 0. The van der Waals surface area contributed by atoms with Gasteiger partial charge in [-0.05, 0) is 31.5 Å². The van der Waals surface area contributed by atoms with E-state index in [1.54, 1.807) is 12.3 Å². The van der Waals surface area contributed by atoms with Crippen molar-refractivity contribution < 1.29 is 4.74 Å². The lowest BCUT2D eigenvalue weighted by Crippen LogP contribution is -2.37. The van der Waals surface area contributed by atoms with Crippen molar-refractivity contribution in [3.63, 3.8) is 0 Å². The number of nitrogens with zero attached hydrogens (tertiary/aromatic N) is 2. The van der Waals surface area contributed by atoms with Crippen molar-refractivity contribution in [2.24, 2.45) is 4.99 Å². The number of halogens is 1. The summed E-state index contributed by atoms with van der Waals surface area (Å²) in [6, 6.07) is 11.9. The summed E-state index contributed by atoms with van der Waals surface area (Å²) < 4.78 is 5.69. The fraction of sp³-hybridized carbons (Fsp3) is 0.300. The molecule has 0 aliphatic carbocycles. The van der Waals surface area contributed by atoms with Gasteiger partial charge in [-0.3, -0.25) is 4.98 Å². The summed E-state index contributed by atoms with van der Waals surface area (Å²) in [4.78, 5) is 9.06. The van der Waals surface area contributed by atoms with Gasteiger partial charge in [0.05, 0.1) is 18.8 Å². The molecular formula is C20H27IN4O. The summed E-state index contributed by atoms with van der Waals surface area (Å²) in [6.07, 6.45) is 3.54. The zero-order valence-electron chi connectivity index (χ0n) is 15.4. The number of aryl methyl sites for hydroxylation is 1. The molecular weight excluding hydrogens is 439 g/mol. The molecule has 0 aliphatic heterocycles. The zero-order chi connectivity index (χ0) is 17.9. The van der Waals surface area contributed by atoms with Crippen molar-refractivity contribution in [2.75, 3.05) is 13.2 Å². The highest BCUT2D eigenvalue weighted by molar-refractivity contribution is 14.0. The molecule has 0 amide bonds. The third kappa shape index (κ3) is 7.03. The van der Waals surface area contributed by atoms with Crippen molar-refractivity contribution in [2.45, 2.75) is 26.9 Å². The standard InChI is InChI=1S/C20H26N4O.HI/c1-4-13-25-19-11-7-6-10-17(19)14-23-20(21-5-2)24-15-18-16(3)9-8-12-22-18;/h4,6-12H,1,5,13-15H2,2-3H3,(H2,21,23,24);1H. The number of hydrogen-bond acceptors (Lipinski definition) is 3. The predicted octanol–water partition coefficient (Wildman–Crippen LogP) is 3.83. The number of rotatable bonds is 8. The maximum atomic E-state index is 5.69. The summed E-state index contributed by atoms with van der Waals surface area (Å²) in [5.41, 5.74) is 3.22. The Morgan fingerprint density at radius 1 is 1.23 bits per heavy atom. The Hall–Kier alpha value is -2.09. The molecule has 26 heavy (non-hydrogen) atoms. The van der Waals surface area contributed by atoms with Gasteiger partial charge >= 0.3 is 0 Å². The number of guanidine groups is 1. The first-order valence-electron chi connectivity index (χ1n) is 8.48. The Kier molecular flexibility index (Phi) is 10.4. The lowest BCUT2D eigenvalue weighted by molar-refractivity contribution is 0.359. The molecule has 2 rings (SSSR count). The Bertz CT molecular complexity index is 718. The summed E-state index contributed by atoms with van der Waals surface area (Å²) in [5.74, 6) is 1.59. The number of aliphatic imine (C=N–C) groups is 1. The minimum Gasteiger partial charge on any atom is -0.489 e. The third-order valence-electron chi connectivity index (χ3n) is 3.62. The SMILES string of the molecule is C=CCOc1ccccc1CN=C(NCC)NCc1ncccc1C.I. The summed E-state index contributed by atoms with van der Waals surface area (Å²) in [5, 5.41) is 6.59. The molecule has 140 valence electrons. The van der Waals surface area contributed by atoms with Crippen LogP contribution in [-0.4, -0.2) is 24.1 Å². The van der Waals surface area contributed by atoms with Crippen molar-refractivity contribution >= 4 is 29.9 Å². The van der Waals surface area contributed by atoms with Gasteiger partial charge in [-0.15, -0.1) is 24.0 Å². The number of benzene rings is 1. The molecule has 0 saturated carbocycles. The van der Waals surface area contributed by atoms with Crippen LogP contribution in [0.4, 0.5) is 0 Å². The first-order valence-corrected chi connectivity index (χ1v) is 8.48. The number of para-hydroxylation sites is 1. The monoisotopic (exact) mass is 466 g/mol. The summed E-state index contributed by atoms with van der Waals surface area (Å²) in [6.45, 7) is 10.2. The molecule has 2 aromatic rings. The Labute approximate surface area is 173 Å². The van der Waals surface area contributed by atoms with E-state index in [-0.39, 0.29) is 24.0 Å². The van der Waals surface area contributed by atoms with E-state index in [1.807, 2.05) is 37.3 Å². The number of hydrogen-bond donors (Lipinski definition) is 2. The van der Waals surface area contributed by atoms with Gasteiger partial charge in [-0.25, -0.2) is 4.99 Å². The van der Waals surface area contributed by atoms with Gasteiger partial charge in [-0.2, -0.15) is 0 Å². The van der Waals surface area contributed by atoms with Crippen LogP contribution in [0.1, 0.15) is 23.7 Å². The topological polar surface area (TPSA) is 58.5 Å². The molecule has 0 radical (unpaired) electrons. The van der Waals surface area contributed by atoms with Crippen molar-refractivity contribution in [3.8, 4) is 5.75 Å². The maximum Gasteiger partial charge on any atom is 0.191 e. The zero-order valence-corrected chi connectivity index (χ0v) is 17.7. The molecule has 0 bridgehead atoms. The highest BCUT2D eigenvalue weighted by Crippen LogP contribution is 2.18. The Morgan fingerprint density at radius 2 is 2.04 bits per heavy atom. The van der Waals surface area contributed by atoms with Crippen molar-refractivity contribution in [1.82, 2.24) is 15.6 Å². The average Bonchev–Trinajstić information content (AvgIpc) is 2.64. The van der Waals surface area contributed by atoms with Crippen LogP contribution in [0.5, 0.6) is 5.75 Å². The molecule has 0 fully saturated rings. The van der Waals surface area contributed by atoms with E-state index in [0.717, 1.165) is 35.1 Å². The van der Waals surface area contributed by atoms with E-state index < -0.39 is 0 Å². The average molecular weight is 466 g/mol. The van der Waals surface area contributed by atoms with Crippen LogP contribution in [0.15, 0.2) is 60.2 Å². The van der Waals surface area contributed by atoms with E-state index in [4.69, 9.17) is 4.74 Å². The third-order valence-corrected chi connectivity index (χ3v) is 3.62. The largest absolute Gasteiger partial charge is 0.489 e. The first kappa shape index (κ1) is 22.0. The molecule has 1 heterocycles. The molecule has 0 unspecified atom stereocenters. The fourth-order valence-corrected chi connectivity index (χ4v) is 2.30. The van der Waals surface area contributed by atoms with Crippen LogP contribution in [0.2, 0.25) is 0 Å². The molecule has 0 spiro atoms. The fourth-order valence-electron chi connectivity index (χ4n) is 2.30. The highest BCUT2D eigenvalue weighted by atomic mass is 127. The lowest BCUT2D eigenvalue weighted by Gasteiger charge is -2.13. The Morgan fingerprint density at radius 3 is 2.77 bits per heavy atom. The molecule has 0 atom stereocenters. The smallest absolute Gasteiger partial charge is 0.191 e. The van der Waals surface area contributed by atoms with E-state index in [1.165, 1.54) is 0 Å². The van der Waals surface area contributed by atoms with Crippen LogP contribution in [0.3, 0.4) is 0 Å². The molecule has 0 saturated heterocycles. The van der Waals surface area contributed by atoms with Crippen LogP contribution >= 0.6 is 24.0 Å². The second-order valence-electron chi connectivity index (χ2n) is 5.52. The summed E-state index contributed by atoms with van der Waals surface area (Å²) in [7, 11) is 0. The van der Waals surface area contributed by atoms with Crippen molar-refractivity contribution in [1.29, 1.82) is 0 Å². The van der Waals surface area contributed by atoms with Gasteiger partial charge in [0.15, 0.2) is 5.96 Å². The van der Waals surface area contributed by atoms with Crippen molar-refractivity contribution in [3.05, 3.63) is 72.1 Å².